The molecule has 0 bridgehead atoms. The predicted molar refractivity (Wildman–Crippen MR) is 152 cm³/mol. The number of hydrogen-bond donors (Lipinski definition) is 2. The fourth-order valence-corrected chi connectivity index (χ4v) is 4.61. The van der Waals surface area contributed by atoms with Gasteiger partial charge in [0.2, 0.25) is 5.91 Å². The first kappa shape index (κ1) is 31.5. The highest BCUT2D eigenvalue weighted by atomic mass is 19.4. The van der Waals surface area contributed by atoms with Gasteiger partial charge in [0.1, 0.15) is 18.2 Å². The van der Waals surface area contributed by atoms with Gasteiger partial charge in [0.05, 0.1) is 11.3 Å². The van der Waals surface area contributed by atoms with Gasteiger partial charge >= 0.3 is 12.2 Å². The van der Waals surface area contributed by atoms with Crippen LogP contribution in [0.3, 0.4) is 0 Å². The van der Waals surface area contributed by atoms with Crippen LogP contribution in [0.2, 0.25) is 0 Å². The van der Waals surface area contributed by atoms with Crippen LogP contribution in [-0.2, 0) is 28.7 Å². The van der Waals surface area contributed by atoms with Crippen LogP contribution in [0.1, 0.15) is 23.1 Å². The number of nitrogens with zero attached hydrogens (tertiary/aromatic N) is 2. The van der Waals surface area contributed by atoms with E-state index >= 15 is 0 Å². The number of aromatic nitrogens is 1. The molecule has 0 atom stereocenters. The molecule has 1 heterocycles. The van der Waals surface area contributed by atoms with Crippen molar-refractivity contribution in [3.8, 4) is 0 Å². The Hall–Kier alpha value is -4.45. The van der Waals surface area contributed by atoms with Crippen molar-refractivity contribution in [2.24, 2.45) is 0 Å². The number of nitrogens with one attached hydrogen (secondary N) is 2. The molecule has 3 aromatic carbocycles. The smallest absolute Gasteiger partial charge is 0.385 e. The van der Waals surface area contributed by atoms with E-state index in [1.165, 1.54) is 29.0 Å². The molecule has 0 unspecified atom stereocenters. The highest BCUT2D eigenvalue weighted by Gasteiger charge is 2.30. The van der Waals surface area contributed by atoms with E-state index in [0.29, 0.717) is 31.1 Å². The second kappa shape index (κ2) is 14.1. The van der Waals surface area contributed by atoms with Gasteiger partial charge in [0.25, 0.3) is 0 Å². The van der Waals surface area contributed by atoms with Crippen LogP contribution in [0.5, 0.6) is 0 Å². The summed E-state index contributed by atoms with van der Waals surface area (Å²) in [5.41, 5.74) is 1.29. The molecule has 0 aliphatic heterocycles. The highest BCUT2D eigenvalue weighted by Crippen LogP contribution is 2.29. The zero-order valence-electron chi connectivity index (χ0n) is 23.4. The molecule has 7 nitrogen and oxygen atoms in total. The first-order valence-electron chi connectivity index (χ1n) is 13.5. The van der Waals surface area contributed by atoms with Crippen LogP contribution in [-0.4, -0.2) is 60.1 Å². The number of rotatable bonds is 12. The molecule has 0 saturated heterocycles. The van der Waals surface area contributed by atoms with E-state index in [1.54, 1.807) is 0 Å². The number of fused-ring (bicyclic) bond motifs is 1. The van der Waals surface area contributed by atoms with Crippen molar-refractivity contribution >= 4 is 28.5 Å². The summed E-state index contributed by atoms with van der Waals surface area (Å²) in [5.74, 6) is -2.25. The van der Waals surface area contributed by atoms with Gasteiger partial charge in [-0.15, -0.1) is 0 Å². The molecule has 2 N–H and O–H groups in total. The summed E-state index contributed by atoms with van der Waals surface area (Å²) in [6.45, 7) is 0.192. The molecule has 1 aromatic heterocycles. The lowest BCUT2D eigenvalue weighted by Crippen LogP contribution is -2.45. The Kier molecular flexibility index (Phi) is 10.4. The maximum absolute atomic E-state index is 14.2. The van der Waals surface area contributed by atoms with Crippen molar-refractivity contribution in [3.63, 3.8) is 0 Å². The Labute approximate surface area is 245 Å². The lowest BCUT2D eigenvalue weighted by molar-refractivity contribution is -0.137. The minimum absolute atomic E-state index is 0.000549. The molecular weight excluding hydrogens is 571 g/mol. The van der Waals surface area contributed by atoms with E-state index in [9.17, 15) is 31.5 Å². The molecule has 228 valence electrons. The highest BCUT2D eigenvalue weighted by molar-refractivity contribution is 5.92. The SMILES string of the molecule is COCCCN(CC(=O)N(CCc1c[nH]c2ccccc12)Cc1ccc(C(F)(F)F)cc1)C(=O)Nc1ccc(F)cc1F. The second-order valence-corrected chi connectivity index (χ2v) is 9.94. The zero-order chi connectivity index (χ0) is 31.0. The Bertz CT molecular complexity index is 1540. The summed E-state index contributed by atoms with van der Waals surface area (Å²) in [4.78, 5) is 32.6. The van der Waals surface area contributed by atoms with Gasteiger partial charge in [-0.1, -0.05) is 30.3 Å². The lowest BCUT2D eigenvalue weighted by atomic mass is 10.1. The molecular formula is C31H31F5N4O3. The third-order valence-corrected chi connectivity index (χ3v) is 6.90. The third kappa shape index (κ3) is 8.54. The second-order valence-electron chi connectivity index (χ2n) is 9.94. The Morgan fingerprint density at radius 3 is 2.40 bits per heavy atom. The zero-order valence-corrected chi connectivity index (χ0v) is 23.4. The van der Waals surface area contributed by atoms with Crippen molar-refractivity contribution in [1.82, 2.24) is 14.8 Å². The van der Waals surface area contributed by atoms with E-state index in [-0.39, 0.29) is 25.3 Å². The van der Waals surface area contributed by atoms with Gasteiger partial charge in [-0.05, 0) is 54.3 Å². The van der Waals surface area contributed by atoms with Crippen LogP contribution in [0.4, 0.5) is 32.4 Å². The van der Waals surface area contributed by atoms with E-state index in [2.05, 4.69) is 10.3 Å². The number of ether oxygens (including phenoxy) is 1. The lowest BCUT2D eigenvalue weighted by Gasteiger charge is -2.28. The minimum atomic E-state index is -4.50. The van der Waals surface area contributed by atoms with Gasteiger partial charge in [-0.3, -0.25) is 4.79 Å². The summed E-state index contributed by atoms with van der Waals surface area (Å²) < 4.78 is 71.9. The maximum atomic E-state index is 14.2. The summed E-state index contributed by atoms with van der Waals surface area (Å²) >= 11 is 0. The number of anilines is 1. The van der Waals surface area contributed by atoms with E-state index in [0.717, 1.165) is 40.7 Å². The number of alkyl halides is 3. The largest absolute Gasteiger partial charge is 0.416 e. The first-order valence-corrected chi connectivity index (χ1v) is 13.5. The third-order valence-electron chi connectivity index (χ3n) is 6.90. The fourth-order valence-electron chi connectivity index (χ4n) is 4.61. The first-order chi connectivity index (χ1) is 20.5. The monoisotopic (exact) mass is 602 g/mol. The van der Waals surface area contributed by atoms with E-state index in [1.807, 2.05) is 30.5 Å². The molecule has 12 heteroatoms. The maximum Gasteiger partial charge on any atom is 0.416 e. The number of hydrogen-bond acceptors (Lipinski definition) is 3. The summed E-state index contributed by atoms with van der Waals surface area (Å²) in [6.07, 6.45) is -1.85. The van der Waals surface area contributed by atoms with Crippen molar-refractivity contribution in [1.29, 1.82) is 0 Å². The molecule has 0 saturated carbocycles. The number of methoxy groups -OCH3 is 1. The average Bonchev–Trinajstić information content (AvgIpc) is 3.39. The van der Waals surface area contributed by atoms with Gasteiger partial charge in [0, 0.05) is 56.5 Å². The molecule has 3 amide bonds. The van der Waals surface area contributed by atoms with Crippen molar-refractivity contribution in [2.45, 2.75) is 25.6 Å². The van der Waals surface area contributed by atoms with Crippen LogP contribution in [0.15, 0.2) is 72.9 Å². The number of para-hydroxylation sites is 1. The summed E-state index contributed by atoms with van der Waals surface area (Å²) in [6, 6.07) is 14.1. The van der Waals surface area contributed by atoms with Gasteiger partial charge in [-0.2, -0.15) is 13.2 Å². The molecule has 4 rings (SSSR count). The van der Waals surface area contributed by atoms with Crippen LogP contribution in [0, 0.1) is 11.6 Å². The quantitative estimate of drug-likeness (QED) is 0.142. The Morgan fingerprint density at radius 2 is 1.70 bits per heavy atom. The molecule has 0 spiro atoms. The summed E-state index contributed by atoms with van der Waals surface area (Å²) in [5, 5.41) is 3.35. The minimum Gasteiger partial charge on any atom is -0.385 e. The van der Waals surface area contributed by atoms with E-state index < -0.39 is 41.9 Å². The summed E-state index contributed by atoms with van der Waals surface area (Å²) in [7, 11) is 1.49. The predicted octanol–water partition coefficient (Wildman–Crippen LogP) is 6.61. The molecule has 0 radical (unpaired) electrons. The Morgan fingerprint density at radius 1 is 0.953 bits per heavy atom. The standard InChI is InChI=1S/C31H31F5N4O3/c1-43-16-4-14-40(30(42)38-28-12-11-24(32)17-26(28)33)20-29(41)39(19-21-7-9-23(10-8-21)31(34,35)36)15-13-22-18-37-27-6-3-2-5-25(22)27/h2-3,5-12,17-18,37H,4,13-16,19-20H2,1H3,(H,38,42). The molecule has 0 aliphatic rings. The normalized spacial score (nSPS) is 11.5. The van der Waals surface area contributed by atoms with Crippen LogP contribution < -0.4 is 5.32 Å². The van der Waals surface area contributed by atoms with Gasteiger partial charge in [-0.25, -0.2) is 13.6 Å². The number of H-pyrrole nitrogens is 1. The van der Waals surface area contributed by atoms with Gasteiger partial charge in [0.15, 0.2) is 0 Å². The van der Waals surface area contributed by atoms with E-state index in [4.69, 9.17) is 4.74 Å². The number of benzene rings is 3. The fraction of sp³-hybridized carbons (Fsp3) is 0.290. The topological polar surface area (TPSA) is 77.7 Å². The number of amides is 3. The molecule has 43 heavy (non-hydrogen) atoms. The molecule has 0 aliphatic carbocycles. The van der Waals surface area contributed by atoms with Crippen LogP contribution in [0.25, 0.3) is 10.9 Å². The number of carbonyl (C=O) groups is 2. The van der Waals surface area contributed by atoms with Crippen molar-refractivity contribution in [3.05, 3.63) is 101 Å². The Balaban J connectivity index is 1.54. The number of halogens is 5. The van der Waals surface area contributed by atoms with Crippen LogP contribution >= 0.6 is 0 Å². The van der Waals surface area contributed by atoms with Gasteiger partial charge < -0.3 is 24.8 Å². The molecule has 4 aromatic rings. The molecule has 0 fully saturated rings. The van der Waals surface area contributed by atoms with Crippen molar-refractivity contribution < 1.29 is 36.3 Å². The number of aromatic amines is 1. The number of urea groups is 1. The average molecular weight is 603 g/mol. The number of carbonyl (C=O) groups excluding carboxylic acids is 2. The van der Waals surface area contributed by atoms with Crippen molar-refractivity contribution in [2.75, 3.05) is 38.7 Å².